The van der Waals surface area contributed by atoms with Crippen LogP contribution >= 0.6 is 0 Å². The van der Waals surface area contributed by atoms with Crippen molar-refractivity contribution in [1.82, 2.24) is 24.3 Å². The maximum Gasteiger partial charge on any atom is 0.228 e. The van der Waals surface area contributed by atoms with E-state index in [9.17, 15) is 9.59 Å². The maximum atomic E-state index is 12.9. The van der Waals surface area contributed by atoms with Gasteiger partial charge in [0.1, 0.15) is 5.82 Å². The molecule has 2 saturated heterocycles. The molecular weight excluding hydrogens is 366 g/mol. The highest BCUT2D eigenvalue weighted by Crippen LogP contribution is 2.29. The minimum atomic E-state index is -0.187. The topological polar surface area (TPSA) is 61.7 Å². The molecule has 0 bridgehead atoms. The molecule has 29 heavy (non-hydrogen) atoms. The number of aromatic nitrogens is 2. The number of imidazole rings is 1. The first-order valence-electron chi connectivity index (χ1n) is 10.4. The highest BCUT2D eigenvalue weighted by molar-refractivity contribution is 5.89. The molecule has 2 aliphatic rings. The lowest BCUT2D eigenvalue weighted by Gasteiger charge is -2.39. The number of piperazine rings is 1. The van der Waals surface area contributed by atoms with Crippen LogP contribution in [0.25, 0.3) is 0 Å². The van der Waals surface area contributed by atoms with Crippen molar-refractivity contribution in [3.05, 3.63) is 54.1 Å². The summed E-state index contributed by atoms with van der Waals surface area (Å²) in [7, 11) is 2.02. The Morgan fingerprint density at radius 1 is 1.17 bits per heavy atom. The van der Waals surface area contributed by atoms with Gasteiger partial charge in [0.2, 0.25) is 11.8 Å². The third-order valence-electron chi connectivity index (χ3n) is 6.15. The number of hydrogen-bond acceptors (Lipinski definition) is 4. The lowest BCUT2D eigenvalue weighted by atomic mass is 10.0. The number of nitrogens with zero attached hydrogens (tertiary/aromatic N) is 5. The molecular formula is C22H29N5O2. The van der Waals surface area contributed by atoms with E-state index in [4.69, 9.17) is 0 Å². The van der Waals surface area contributed by atoms with Gasteiger partial charge >= 0.3 is 0 Å². The first kappa shape index (κ1) is 19.6. The van der Waals surface area contributed by atoms with Crippen molar-refractivity contribution in [2.24, 2.45) is 13.0 Å². The van der Waals surface area contributed by atoms with Gasteiger partial charge in [-0.1, -0.05) is 30.3 Å². The monoisotopic (exact) mass is 395 g/mol. The Hall–Kier alpha value is -2.67. The molecule has 0 N–H and O–H groups in total. The normalized spacial score (nSPS) is 21.6. The predicted octanol–water partition coefficient (Wildman–Crippen LogP) is 1.52. The average molecular weight is 396 g/mol. The van der Waals surface area contributed by atoms with Crippen molar-refractivity contribution in [3.8, 4) is 0 Å². The molecule has 0 radical (unpaired) electrons. The van der Waals surface area contributed by atoms with Crippen molar-refractivity contribution in [1.29, 1.82) is 0 Å². The van der Waals surface area contributed by atoms with Gasteiger partial charge in [0.25, 0.3) is 0 Å². The fraction of sp³-hybridized carbons (Fsp3) is 0.500. The van der Waals surface area contributed by atoms with Crippen LogP contribution in [-0.4, -0.2) is 75.3 Å². The van der Waals surface area contributed by atoms with Gasteiger partial charge in [-0.3, -0.25) is 14.5 Å². The minimum Gasteiger partial charge on any atom is -0.342 e. The van der Waals surface area contributed by atoms with E-state index in [2.05, 4.69) is 38.7 Å². The fourth-order valence-electron chi connectivity index (χ4n) is 4.50. The summed E-state index contributed by atoms with van der Waals surface area (Å²) in [5.74, 6) is 1.05. The number of benzene rings is 1. The number of carbonyl (C=O) groups excluding carboxylic acids is 2. The van der Waals surface area contributed by atoms with E-state index in [1.807, 2.05) is 37.3 Å². The summed E-state index contributed by atoms with van der Waals surface area (Å²) in [6.07, 6.45) is 4.16. The zero-order chi connectivity index (χ0) is 20.4. The Kier molecular flexibility index (Phi) is 5.67. The van der Waals surface area contributed by atoms with Crippen LogP contribution in [0.15, 0.2) is 42.7 Å². The highest BCUT2D eigenvalue weighted by atomic mass is 16.2. The SMILES string of the molecule is CCN1C[C@H](C(=O)N2CCN([C@H](c3ccccc3)c3nccn3C)CC2)CC1=O. The summed E-state index contributed by atoms with van der Waals surface area (Å²) >= 11 is 0. The van der Waals surface area contributed by atoms with E-state index in [0.717, 1.165) is 18.9 Å². The largest absolute Gasteiger partial charge is 0.342 e. The van der Waals surface area contributed by atoms with Gasteiger partial charge in [-0.25, -0.2) is 4.98 Å². The molecule has 2 amide bonds. The second-order valence-corrected chi connectivity index (χ2v) is 7.90. The molecule has 1 aromatic carbocycles. The number of amides is 2. The van der Waals surface area contributed by atoms with E-state index in [-0.39, 0.29) is 23.8 Å². The summed E-state index contributed by atoms with van der Waals surface area (Å²) in [4.78, 5) is 35.7. The van der Waals surface area contributed by atoms with Gasteiger partial charge in [0, 0.05) is 65.1 Å². The van der Waals surface area contributed by atoms with Gasteiger partial charge in [-0.2, -0.15) is 0 Å². The molecule has 0 unspecified atom stereocenters. The second kappa shape index (κ2) is 8.37. The number of hydrogen-bond donors (Lipinski definition) is 0. The van der Waals surface area contributed by atoms with Crippen LogP contribution in [0.1, 0.15) is 30.8 Å². The number of rotatable bonds is 5. The Bertz CT molecular complexity index is 857. The Labute approximate surface area is 171 Å². The molecule has 2 aliphatic heterocycles. The fourth-order valence-corrected chi connectivity index (χ4v) is 4.50. The first-order chi connectivity index (χ1) is 14.1. The molecule has 1 aromatic heterocycles. The summed E-state index contributed by atoms with van der Waals surface area (Å²) in [6.45, 7) is 6.15. The van der Waals surface area contributed by atoms with Crippen LogP contribution < -0.4 is 0 Å². The van der Waals surface area contributed by atoms with Crippen LogP contribution in [-0.2, 0) is 16.6 Å². The van der Waals surface area contributed by atoms with Gasteiger partial charge in [0.05, 0.1) is 12.0 Å². The van der Waals surface area contributed by atoms with Gasteiger partial charge in [-0.15, -0.1) is 0 Å². The first-order valence-corrected chi connectivity index (χ1v) is 10.4. The van der Waals surface area contributed by atoms with Crippen LogP contribution in [0.2, 0.25) is 0 Å². The van der Waals surface area contributed by atoms with Crippen molar-refractivity contribution in [3.63, 3.8) is 0 Å². The standard InChI is InChI=1S/C22H29N5O2/c1-3-25-16-18(15-19(25)28)22(29)27-13-11-26(12-14-27)20(17-7-5-4-6-8-17)21-23-9-10-24(21)2/h4-10,18,20H,3,11-16H2,1-2H3/t18-,20-/m1/s1. The third kappa shape index (κ3) is 3.92. The molecule has 3 heterocycles. The highest BCUT2D eigenvalue weighted by Gasteiger charge is 2.37. The molecule has 2 atom stereocenters. The number of aryl methyl sites for hydroxylation is 1. The van der Waals surface area contributed by atoms with E-state index >= 15 is 0 Å². The van der Waals surface area contributed by atoms with Crippen molar-refractivity contribution >= 4 is 11.8 Å². The predicted molar refractivity (Wildman–Crippen MR) is 110 cm³/mol. The zero-order valence-electron chi connectivity index (χ0n) is 17.2. The van der Waals surface area contributed by atoms with Crippen LogP contribution in [0, 0.1) is 5.92 Å². The Balaban J connectivity index is 1.45. The quantitative estimate of drug-likeness (QED) is 0.770. The molecule has 0 saturated carbocycles. The van der Waals surface area contributed by atoms with Gasteiger partial charge in [0.15, 0.2) is 0 Å². The summed E-state index contributed by atoms with van der Waals surface area (Å²) in [5.41, 5.74) is 1.21. The molecule has 2 fully saturated rings. The molecule has 4 rings (SSSR count). The molecule has 0 aliphatic carbocycles. The van der Waals surface area contributed by atoms with Crippen molar-refractivity contribution in [2.45, 2.75) is 19.4 Å². The van der Waals surface area contributed by atoms with Crippen molar-refractivity contribution in [2.75, 3.05) is 39.3 Å². The molecule has 2 aromatic rings. The summed E-state index contributed by atoms with van der Waals surface area (Å²) in [6, 6.07) is 10.5. The van der Waals surface area contributed by atoms with Crippen LogP contribution in [0.4, 0.5) is 0 Å². The zero-order valence-corrected chi connectivity index (χ0v) is 17.2. The smallest absolute Gasteiger partial charge is 0.228 e. The van der Waals surface area contributed by atoms with Crippen LogP contribution in [0.3, 0.4) is 0 Å². The van der Waals surface area contributed by atoms with E-state index in [0.29, 0.717) is 32.6 Å². The van der Waals surface area contributed by atoms with Gasteiger partial charge < -0.3 is 14.4 Å². The number of likely N-dealkylation sites (tertiary alicyclic amines) is 1. The molecule has 7 nitrogen and oxygen atoms in total. The molecule has 154 valence electrons. The second-order valence-electron chi connectivity index (χ2n) is 7.90. The summed E-state index contributed by atoms with van der Waals surface area (Å²) < 4.78 is 2.07. The molecule has 0 spiro atoms. The maximum absolute atomic E-state index is 12.9. The lowest BCUT2D eigenvalue weighted by molar-refractivity contribution is -0.137. The number of carbonyl (C=O) groups is 2. The third-order valence-corrected chi connectivity index (χ3v) is 6.15. The minimum absolute atomic E-state index is 0.0668. The van der Waals surface area contributed by atoms with Crippen molar-refractivity contribution < 1.29 is 9.59 Å². The van der Waals surface area contributed by atoms with E-state index in [1.165, 1.54) is 5.56 Å². The Morgan fingerprint density at radius 2 is 1.90 bits per heavy atom. The van der Waals surface area contributed by atoms with E-state index < -0.39 is 0 Å². The van der Waals surface area contributed by atoms with Crippen LogP contribution in [0.5, 0.6) is 0 Å². The van der Waals surface area contributed by atoms with Gasteiger partial charge in [-0.05, 0) is 12.5 Å². The lowest BCUT2D eigenvalue weighted by Crippen LogP contribution is -2.51. The Morgan fingerprint density at radius 3 is 2.48 bits per heavy atom. The average Bonchev–Trinajstić information content (AvgIpc) is 3.34. The summed E-state index contributed by atoms with van der Waals surface area (Å²) in [5, 5.41) is 0. The van der Waals surface area contributed by atoms with E-state index in [1.54, 1.807) is 4.90 Å². The molecule has 7 heteroatoms.